The lowest BCUT2D eigenvalue weighted by molar-refractivity contribution is -0.321. The molecule has 4 aliphatic carbocycles. The summed E-state index contributed by atoms with van der Waals surface area (Å²) in [5.74, 6) is -0.210. The number of fused-ring (bicyclic) bond motifs is 2. The van der Waals surface area contributed by atoms with E-state index in [4.69, 9.17) is 9.47 Å². The molecule has 13 unspecified atom stereocenters. The van der Waals surface area contributed by atoms with E-state index in [1.807, 2.05) is 20.8 Å². The molecule has 5 fully saturated rings. The van der Waals surface area contributed by atoms with E-state index in [-0.39, 0.29) is 17.3 Å². The minimum atomic E-state index is -1.56. The largest absolute Gasteiger partial charge is 0.394 e. The van der Waals surface area contributed by atoms with Gasteiger partial charge in [-0.3, -0.25) is 0 Å². The third kappa shape index (κ3) is 3.47. The quantitative estimate of drug-likeness (QED) is 0.262. The van der Waals surface area contributed by atoms with E-state index in [1.165, 1.54) is 0 Å². The zero-order chi connectivity index (χ0) is 25.7. The van der Waals surface area contributed by atoms with Crippen molar-refractivity contribution in [1.82, 2.24) is 0 Å². The number of rotatable bonds is 3. The molecule has 2 bridgehead atoms. The van der Waals surface area contributed by atoms with Crippen LogP contribution in [0.2, 0.25) is 0 Å². The highest BCUT2D eigenvalue weighted by molar-refractivity contribution is 5.30. The Balaban J connectivity index is 1.44. The predicted octanol–water partition coefficient (Wildman–Crippen LogP) is -0.173. The summed E-state index contributed by atoms with van der Waals surface area (Å²) in [6.45, 7) is 9.42. The van der Waals surface area contributed by atoms with Gasteiger partial charge in [0.25, 0.3) is 0 Å². The molecular formula is C26H42O9. The summed E-state index contributed by atoms with van der Waals surface area (Å²) in [6, 6.07) is 0. The average molecular weight is 499 g/mol. The van der Waals surface area contributed by atoms with E-state index in [0.717, 1.165) is 24.8 Å². The summed E-state index contributed by atoms with van der Waals surface area (Å²) in [7, 11) is 0. The molecule has 4 saturated carbocycles. The Morgan fingerprint density at radius 1 is 0.971 bits per heavy atom. The smallest absolute Gasteiger partial charge is 0.186 e. The van der Waals surface area contributed by atoms with Crippen LogP contribution in [0.3, 0.4) is 0 Å². The molecule has 1 saturated heterocycles. The molecular weight excluding hydrogens is 456 g/mol. The van der Waals surface area contributed by atoms with Crippen LogP contribution in [0.5, 0.6) is 0 Å². The standard InChI is InChI=1S/C26H42O9/c1-12-14-6-5-13-8-25(14,11-24(13,4)32)9-17(28)26(33)15(12)7-18(23(26,2)3)35-22-21(31)20(30)19(29)16(10-27)34-22/h13-22,27-33H,1,5-11H2,2-4H3. The van der Waals surface area contributed by atoms with Crippen molar-refractivity contribution in [2.24, 2.45) is 28.6 Å². The number of aliphatic hydroxyl groups excluding tert-OH is 5. The maximum Gasteiger partial charge on any atom is 0.186 e. The Morgan fingerprint density at radius 3 is 2.31 bits per heavy atom. The minimum Gasteiger partial charge on any atom is -0.394 e. The second-order valence-corrected chi connectivity index (χ2v) is 12.9. The number of hydrogen-bond donors (Lipinski definition) is 7. The molecule has 0 amide bonds. The zero-order valence-corrected chi connectivity index (χ0v) is 20.9. The van der Waals surface area contributed by atoms with Crippen molar-refractivity contribution in [3.8, 4) is 0 Å². The van der Waals surface area contributed by atoms with Crippen molar-refractivity contribution in [1.29, 1.82) is 0 Å². The molecule has 1 aliphatic heterocycles. The Morgan fingerprint density at radius 2 is 1.66 bits per heavy atom. The van der Waals surface area contributed by atoms with Gasteiger partial charge in [-0.05, 0) is 62.7 Å². The van der Waals surface area contributed by atoms with Crippen LogP contribution < -0.4 is 0 Å². The van der Waals surface area contributed by atoms with Crippen LogP contribution in [0.15, 0.2) is 12.2 Å². The Labute approximate surface area is 206 Å². The number of aliphatic hydroxyl groups is 7. The van der Waals surface area contributed by atoms with Gasteiger partial charge in [0.05, 0.1) is 24.4 Å². The van der Waals surface area contributed by atoms with Gasteiger partial charge in [0.1, 0.15) is 30.0 Å². The Hall–Kier alpha value is -0.620. The summed E-state index contributed by atoms with van der Waals surface area (Å²) < 4.78 is 11.7. The summed E-state index contributed by atoms with van der Waals surface area (Å²) >= 11 is 0. The SMILES string of the molecule is C=C1C2CCC3CC2(CC(O)C2(O)C1CC(OC1OC(CO)C(O)C(O)C1O)C2(C)C)CC3(C)O. The molecule has 35 heavy (non-hydrogen) atoms. The maximum absolute atomic E-state index is 12.2. The molecule has 5 aliphatic rings. The third-order valence-electron chi connectivity index (χ3n) is 10.8. The lowest BCUT2D eigenvalue weighted by atomic mass is 9.63. The fourth-order valence-electron chi connectivity index (χ4n) is 8.71. The lowest BCUT2D eigenvalue weighted by Crippen LogP contribution is -2.61. The highest BCUT2D eigenvalue weighted by Gasteiger charge is 2.70. The third-order valence-corrected chi connectivity index (χ3v) is 10.8. The van der Waals surface area contributed by atoms with Gasteiger partial charge in [0.15, 0.2) is 6.29 Å². The molecule has 9 heteroatoms. The number of hydrogen-bond acceptors (Lipinski definition) is 9. The van der Waals surface area contributed by atoms with Crippen molar-refractivity contribution < 1.29 is 45.2 Å². The molecule has 13 atom stereocenters. The van der Waals surface area contributed by atoms with Crippen LogP contribution >= 0.6 is 0 Å². The fourth-order valence-corrected chi connectivity index (χ4v) is 8.71. The molecule has 0 aromatic rings. The zero-order valence-electron chi connectivity index (χ0n) is 20.9. The normalized spacial score (nSPS) is 57.5. The fraction of sp³-hybridized carbons (Fsp3) is 0.923. The van der Waals surface area contributed by atoms with E-state index in [1.54, 1.807) is 0 Å². The predicted molar refractivity (Wildman–Crippen MR) is 124 cm³/mol. The van der Waals surface area contributed by atoms with Gasteiger partial charge in [-0.2, -0.15) is 0 Å². The van der Waals surface area contributed by atoms with E-state index in [2.05, 4.69) is 6.58 Å². The molecule has 5 rings (SSSR count). The van der Waals surface area contributed by atoms with Crippen LogP contribution in [0.25, 0.3) is 0 Å². The minimum absolute atomic E-state index is 0.0724. The first-order valence-electron chi connectivity index (χ1n) is 13.0. The van der Waals surface area contributed by atoms with E-state index < -0.39 is 72.1 Å². The van der Waals surface area contributed by atoms with Crippen molar-refractivity contribution in [2.45, 2.75) is 113 Å². The second-order valence-electron chi connectivity index (χ2n) is 12.9. The van der Waals surface area contributed by atoms with Crippen LogP contribution in [-0.4, -0.2) is 96.5 Å². The average Bonchev–Trinajstić information content (AvgIpc) is 3.08. The van der Waals surface area contributed by atoms with Crippen LogP contribution in [-0.2, 0) is 9.47 Å². The van der Waals surface area contributed by atoms with Crippen molar-refractivity contribution in [3.05, 3.63) is 12.2 Å². The number of ether oxygens (including phenoxy) is 2. The monoisotopic (exact) mass is 498 g/mol. The van der Waals surface area contributed by atoms with Crippen LogP contribution in [0.1, 0.15) is 59.3 Å². The molecule has 7 N–H and O–H groups in total. The first kappa shape index (κ1) is 26.0. The highest BCUT2D eigenvalue weighted by atomic mass is 16.7. The molecule has 1 heterocycles. The molecule has 1 spiro atoms. The van der Waals surface area contributed by atoms with Gasteiger partial charge in [-0.25, -0.2) is 0 Å². The van der Waals surface area contributed by atoms with E-state index in [9.17, 15) is 35.7 Å². The molecule has 200 valence electrons. The Kier molecular flexibility index (Phi) is 6.08. The van der Waals surface area contributed by atoms with Gasteiger partial charge < -0.3 is 45.2 Å². The van der Waals surface area contributed by atoms with Gasteiger partial charge in [-0.15, -0.1) is 0 Å². The van der Waals surface area contributed by atoms with Crippen molar-refractivity contribution in [2.75, 3.05) is 6.61 Å². The summed E-state index contributed by atoms with van der Waals surface area (Å²) in [5.41, 5.74) is -2.75. The van der Waals surface area contributed by atoms with Gasteiger partial charge >= 0.3 is 0 Å². The van der Waals surface area contributed by atoms with Gasteiger partial charge in [0, 0.05) is 11.3 Å². The molecule has 9 nitrogen and oxygen atoms in total. The first-order chi connectivity index (χ1) is 16.2. The van der Waals surface area contributed by atoms with Crippen LogP contribution in [0.4, 0.5) is 0 Å². The van der Waals surface area contributed by atoms with E-state index >= 15 is 0 Å². The first-order valence-corrected chi connectivity index (χ1v) is 13.0. The lowest BCUT2D eigenvalue weighted by Gasteiger charge is -2.47. The summed E-state index contributed by atoms with van der Waals surface area (Å²) in [6.07, 6.45) is -4.90. The second kappa shape index (κ2) is 8.19. The Bertz CT molecular complexity index is 858. The summed E-state index contributed by atoms with van der Waals surface area (Å²) in [5, 5.41) is 75.2. The highest BCUT2D eigenvalue weighted by Crippen LogP contribution is 2.69. The molecule has 0 radical (unpaired) electrons. The maximum atomic E-state index is 12.2. The van der Waals surface area contributed by atoms with E-state index in [0.29, 0.717) is 19.3 Å². The van der Waals surface area contributed by atoms with Crippen molar-refractivity contribution >= 4 is 0 Å². The van der Waals surface area contributed by atoms with Crippen LogP contribution in [0, 0.1) is 28.6 Å². The molecule has 0 aromatic heterocycles. The van der Waals surface area contributed by atoms with Gasteiger partial charge in [-0.1, -0.05) is 26.0 Å². The summed E-state index contributed by atoms with van der Waals surface area (Å²) in [4.78, 5) is 0. The van der Waals surface area contributed by atoms with Gasteiger partial charge in [0.2, 0.25) is 0 Å². The topological polar surface area (TPSA) is 160 Å². The van der Waals surface area contributed by atoms with Crippen molar-refractivity contribution in [3.63, 3.8) is 0 Å². The molecule has 0 aromatic carbocycles.